The van der Waals surface area contributed by atoms with E-state index in [1.807, 2.05) is 11.0 Å². The van der Waals surface area contributed by atoms with Gasteiger partial charge in [-0.15, -0.1) is 0 Å². The molecule has 0 atom stereocenters. The lowest BCUT2D eigenvalue weighted by Crippen LogP contribution is -2.38. The van der Waals surface area contributed by atoms with Crippen molar-refractivity contribution in [3.8, 4) is 5.82 Å². The summed E-state index contributed by atoms with van der Waals surface area (Å²) in [5, 5.41) is 3.59. The summed E-state index contributed by atoms with van der Waals surface area (Å²) in [4.78, 5) is 18.3. The maximum atomic E-state index is 14.1. The molecular formula is C28H37F2N7O2. The highest BCUT2D eigenvalue weighted by atomic mass is 19.3. The second kappa shape index (κ2) is 12.1. The Kier molecular flexibility index (Phi) is 8.17. The molecule has 6 rings (SSSR count). The predicted molar refractivity (Wildman–Crippen MR) is 146 cm³/mol. The number of hydrogen-bond donors (Lipinski definition) is 1. The summed E-state index contributed by atoms with van der Waals surface area (Å²) in [6.45, 7) is 6.66. The van der Waals surface area contributed by atoms with E-state index in [9.17, 15) is 8.78 Å². The molecule has 2 aromatic heterocycles. The van der Waals surface area contributed by atoms with Gasteiger partial charge in [0.2, 0.25) is 5.95 Å². The molecule has 1 saturated carbocycles. The van der Waals surface area contributed by atoms with Crippen LogP contribution in [0.1, 0.15) is 50.8 Å². The second-order valence-electron chi connectivity index (χ2n) is 10.6. The zero-order valence-electron chi connectivity index (χ0n) is 22.3. The number of aromatic nitrogens is 4. The summed E-state index contributed by atoms with van der Waals surface area (Å²) in [6.07, 6.45) is 4.08. The SMILES string of the molecule is FC(F)c1nc2ccccc2n1-c1cc(NC2CCC(OCCN3CCCC3)CC2)nc(N2CCOCC2)n1. The molecular weight excluding hydrogens is 504 g/mol. The molecule has 2 saturated heterocycles. The fourth-order valence-corrected chi connectivity index (χ4v) is 5.88. The lowest BCUT2D eigenvalue weighted by Gasteiger charge is -2.31. The van der Waals surface area contributed by atoms with Crippen LogP contribution >= 0.6 is 0 Å². The van der Waals surface area contributed by atoms with Gasteiger partial charge in [0.1, 0.15) is 11.6 Å². The molecule has 0 amide bonds. The molecule has 1 aromatic carbocycles. The zero-order valence-corrected chi connectivity index (χ0v) is 22.3. The van der Waals surface area contributed by atoms with Crippen molar-refractivity contribution in [1.29, 1.82) is 0 Å². The van der Waals surface area contributed by atoms with E-state index in [0.717, 1.165) is 38.8 Å². The summed E-state index contributed by atoms with van der Waals surface area (Å²) in [5.74, 6) is 1.21. The van der Waals surface area contributed by atoms with Crippen LogP contribution in [0.4, 0.5) is 20.5 Å². The molecule has 210 valence electrons. The maximum absolute atomic E-state index is 14.1. The van der Waals surface area contributed by atoms with Crippen LogP contribution in [0.3, 0.4) is 0 Å². The minimum absolute atomic E-state index is 0.234. The number of rotatable bonds is 9. The first kappa shape index (κ1) is 26.3. The number of para-hydroxylation sites is 2. The van der Waals surface area contributed by atoms with Gasteiger partial charge in [0.05, 0.1) is 37.0 Å². The summed E-state index contributed by atoms with van der Waals surface area (Å²) < 4.78 is 41.4. The van der Waals surface area contributed by atoms with Crippen LogP contribution in [0.5, 0.6) is 0 Å². The Bertz CT molecular complexity index is 1240. The van der Waals surface area contributed by atoms with E-state index in [1.165, 1.54) is 30.5 Å². The van der Waals surface area contributed by atoms with Gasteiger partial charge in [0.25, 0.3) is 6.43 Å². The number of benzene rings is 1. The molecule has 1 N–H and O–H groups in total. The van der Waals surface area contributed by atoms with E-state index in [-0.39, 0.29) is 11.9 Å². The molecule has 4 heterocycles. The third-order valence-corrected chi connectivity index (χ3v) is 7.99. The van der Waals surface area contributed by atoms with Crippen LogP contribution in [0.25, 0.3) is 16.9 Å². The minimum Gasteiger partial charge on any atom is -0.378 e. The average Bonchev–Trinajstić information content (AvgIpc) is 3.63. The van der Waals surface area contributed by atoms with Crippen LogP contribution < -0.4 is 10.2 Å². The Morgan fingerprint density at radius 2 is 1.74 bits per heavy atom. The lowest BCUT2D eigenvalue weighted by molar-refractivity contribution is 0.0170. The largest absolute Gasteiger partial charge is 0.378 e. The summed E-state index contributed by atoms with van der Waals surface area (Å²) in [5.41, 5.74) is 1.11. The van der Waals surface area contributed by atoms with E-state index in [0.29, 0.717) is 61.0 Å². The van der Waals surface area contributed by atoms with Crippen molar-refractivity contribution in [2.45, 2.75) is 57.1 Å². The van der Waals surface area contributed by atoms with E-state index in [1.54, 1.807) is 24.3 Å². The van der Waals surface area contributed by atoms with E-state index >= 15 is 0 Å². The van der Waals surface area contributed by atoms with E-state index in [4.69, 9.17) is 19.4 Å². The number of halogens is 2. The van der Waals surface area contributed by atoms with Crippen molar-refractivity contribution in [2.75, 3.05) is 62.8 Å². The van der Waals surface area contributed by atoms with Crippen LogP contribution in [-0.2, 0) is 9.47 Å². The topological polar surface area (TPSA) is 80.6 Å². The molecule has 9 nitrogen and oxygen atoms in total. The van der Waals surface area contributed by atoms with Gasteiger partial charge in [0, 0.05) is 31.7 Å². The van der Waals surface area contributed by atoms with Gasteiger partial charge in [0.15, 0.2) is 5.82 Å². The van der Waals surface area contributed by atoms with Crippen LogP contribution in [0.15, 0.2) is 30.3 Å². The minimum atomic E-state index is -2.74. The summed E-state index contributed by atoms with van der Waals surface area (Å²) >= 11 is 0. The van der Waals surface area contributed by atoms with Gasteiger partial charge in [-0.25, -0.2) is 13.8 Å². The van der Waals surface area contributed by atoms with Crippen LogP contribution in [0.2, 0.25) is 0 Å². The quantitative estimate of drug-likeness (QED) is 0.426. The highest BCUT2D eigenvalue weighted by Crippen LogP contribution is 2.30. The van der Waals surface area contributed by atoms with Gasteiger partial charge in [-0.05, 0) is 63.7 Å². The van der Waals surface area contributed by atoms with Crippen molar-refractivity contribution in [3.05, 3.63) is 36.2 Å². The Labute approximate surface area is 227 Å². The molecule has 2 aliphatic heterocycles. The van der Waals surface area contributed by atoms with Crippen molar-refractivity contribution < 1.29 is 18.3 Å². The number of likely N-dealkylation sites (tertiary alicyclic amines) is 1. The van der Waals surface area contributed by atoms with E-state index in [2.05, 4.69) is 15.2 Å². The Morgan fingerprint density at radius 3 is 2.51 bits per heavy atom. The van der Waals surface area contributed by atoms with Crippen LogP contribution in [-0.4, -0.2) is 89.1 Å². The Morgan fingerprint density at radius 1 is 0.974 bits per heavy atom. The summed E-state index contributed by atoms with van der Waals surface area (Å²) in [6, 6.07) is 9.16. The van der Waals surface area contributed by atoms with Crippen molar-refractivity contribution >= 4 is 22.8 Å². The molecule has 1 aliphatic carbocycles. The lowest BCUT2D eigenvalue weighted by atomic mass is 9.93. The van der Waals surface area contributed by atoms with Crippen molar-refractivity contribution in [2.24, 2.45) is 0 Å². The molecule has 11 heteroatoms. The number of imidazole rings is 1. The smallest absolute Gasteiger partial charge is 0.296 e. The third-order valence-electron chi connectivity index (χ3n) is 7.99. The number of anilines is 2. The van der Waals surface area contributed by atoms with Crippen molar-refractivity contribution in [1.82, 2.24) is 24.4 Å². The highest BCUT2D eigenvalue weighted by molar-refractivity contribution is 5.78. The Balaban J connectivity index is 1.20. The first-order valence-electron chi connectivity index (χ1n) is 14.2. The standard InChI is InChI=1S/C28H37F2N7O2/c29-26(30)27-32-22-5-1-2-6-23(22)37(27)25-19-24(33-28(34-25)36-14-16-38-17-15-36)31-20-7-9-21(10-8-20)39-18-13-35-11-3-4-12-35/h1-2,5-6,19-21,26H,3-4,7-18H2,(H,31,33,34). The van der Waals surface area contributed by atoms with Gasteiger partial charge >= 0.3 is 0 Å². The third kappa shape index (κ3) is 6.15. The van der Waals surface area contributed by atoms with Crippen molar-refractivity contribution in [3.63, 3.8) is 0 Å². The first-order chi connectivity index (χ1) is 19.1. The molecule has 3 aliphatic rings. The fourth-order valence-electron chi connectivity index (χ4n) is 5.88. The Hall–Kier alpha value is -2.89. The second-order valence-corrected chi connectivity index (χ2v) is 10.6. The average molecular weight is 542 g/mol. The molecule has 3 fully saturated rings. The number of nitrogens with one attached hydrogen (secondary N) is 1. The molecule has 0 bridgehead atoms. The molecule has 3 aromatic rings. The normalized spacial score (nSPS) is 22.7. The van der Waals surface area contributed by atoms with Gasteiger partial charge in [-0.2, -0.15) is 9.97 Å². The van der Waals surface area contributed by atoms with Gasteiger partial charge in [-0.3, -0.25) is 4.57 Å². The molecule has 0 radical (unpaired) electrons. The number of hydrogen-bond acceptors (Lipinski definition) is 8. The van der Waals surface area contributed by atoms with Gasteiger partial charge in [-0.1, -0.05) is 12.1 Å². The number of alkyl halides is 2. The van der Waals surface area contributed by atoms with Crippen LogP contribution in [0, 0.1) is 0 Å². The first-order valence-corrected chi connectivity index (χ1v) is 14.2. The maximum Gasteiger partial charge on any atom is 0.296 e. The highest BCUT2D eigenvalue weighted by Gasteiger charge is 2.26. The van der Waals surface area contributed by atoms with E-state index < -0.39 is 6.43 Å². The fraction of sp³-hybridized carbons (Fsp3) is 0.607. The monoisotopic (exact) mass is 541 g/mol. The molecule has 0 unspecified atom stereocenters. The number of morpholine rings is 1. The van der Waals surface area contributed by atoms with Gasteiger partial charge < -0.3 is 24.6 Å². The number of fused-ring (bicyclic) bond motifs is 1. The predicted octanol–water partition coefficient (Wildman–Crippen LogP) is 4.43. The zero-order chi connectivity index (χ0) is 26.6. The number of nitrogens with zero attached hydrogens (tertiary/aromatic N) is 6. The molecule has 39 heavy (non-hydrogen) atoms. The number of ether oxygens (including phenoxy) is 2. The summed E-state index contributed by atoms with van der Waals surface area (Å²) in [7, 11) is 0. The molecule has 0 spiro atoms.